The summed E-state index contributed by atoms with van der Waals surface area (Å²) in [5.74, 6) is 1.01. The number of aryl methyl sites for hydroxylation is 1. The van der Waals surface area contributed by atoms with E-state index in [1.165, 1.54) is 44.1 Å². The van der Waals surface area contributed by atoms with Gasteiger partial charge in [0.25, 0.3) is 0 Å². The number of ether oxygens (including phenoxy) is 1. The fraction of sp³-hybridized carbons (Fsp3) is 0.625. The van der Waals surface area contributed by atoms with E-state index in [1.807, 2.05) is 0 Å². The minimum Gasteiger partial charge on any atom is -0.494 e. The molecule has 0 aromatic heterocycles. The Labute approximate surface area is 120 Å². The molecule has 0 amide bonds. The molecule has 18 heavy (non-hydrogen) atoms. The number of benzene rings is 1. The minimum atomic E-state index is 0.836. The first-order chi connectivity index (χ1) is 8.86. The van der Waals surface area contributed by atoms with Crippen LogP contribution in [-0.2, 0) is 6.42 Å². The second kappa shape index (κ2) is 10.4. The van der Waals surface area contributed by atoms with E-state index in [-0.39, 0.29) is 0 Å². The zero-order valence-corrected chi connectivity index (χ0v) is 13.0. The first-order valence-corrected chi connectivity index (χ1v) is 8.26. The van der Waals surface area contributed by atoms with Crippen LogP contribution in [0.4, 0.5) is 0 Å². The quantitative estimate of drug-likeness (QED) is 0.417. The minimum absolute atomic E-state index is 0.836. The van der Waals surface area contributed by atoms with E-state index >= 15 is 0 Å². The third-order valence-electron chi connectivity index (χ3n) is 3.04. The van der Waals surface area contributed by atoms with Gasteiger partial charge in [0.1, 0.15) is 5.75 Å². The van der Waals surface area contributed by atoms with Gasteiger partial charge in [-0.3, -0.25) is 0 Å². The second-order valence-corrected chi connectivity index (χ2v) is 5.49. The largest absolute Gasteiger partial charge is 0.494 e. The molecule has 0 aliphatic carbocycles. The predicted molar refractivity (Wildman–Crippen MR) is 82.8 cm³/mol. The molecule has 0 N–H and O–H groups in total. The molecule has 0 unspecified atom stereocenters. The number of hydrogen-bond donors (Lipinski definition) is 0. The van der Waals surface area contributed by atoms with Gasteiger partial charge >= 0.3 is 0 Å². The Hall–Kier alpha value is -0.500. The highest BCUT2D eigenvalue weighted by molar-refractivity contribution is 9.09. The van der Waals surface area contributed by atoms with E-state index < -0.39 is 0 Å². The van der Waals surface area contributed by atoms with Crippen LogP contribution in [0, 0.1) is 0 Å². The number of alkyl halides is 1. The van der Waals surface area contributed by atoms with Crippen molar-refractivity contribution < 1.29 is 4.74 Å². The Morgan fingerprint density at radius 3 is 2.33 bits per heavy atom. The first kappa shape index (κ1) is 15.6. The van der Waals surface area contributed by atoms with Crippen molar-refractivity contribution in [1.29, 1.82) is 0 Å². The maximum absolute atomic E-state index is 5.65. The molecule has 1 aromatic carbocycles. The molecule has 1 nitrogen and oxygen atoms in total. The van der Waals surface area contributed by atoms with Gasteiger partial charge < -0.3 is 4.74 Å². The summed E-state index contributed by atoms with van der Waals surface area (Å²) < 4.78 is 5.65. The van der Waals surface area contributed by atoms with Gasteiger partial charge in [-0.1, -0.05) is 54.2 Å². The molecule has 0 fully saturated rings. The average Bonchev–Trinajstić information content (AvgIpc) is 2.40. The van der Waals surface area contributed by atoms with Crippen molar-refractivity contribution in [1.82, 2.24) is 0 Å². The van der Waals surface area contributed by atoms with Crippen LogP contribution in [0.2, 0.25) is 0 Å². The summed E-state index contributed by atoms with van der Waals surface area (Å²) in [5, 5.41) is 1.14. The number of hydrogen-bond acceptors (Lipinski definition) is 1. The van der Waals surface area contributed by atoms with E-state index in [0.717, 1.165) is 24.1 Å². The normalized spacial score (nSPS) is 10.6. The lowest BCUT2D eigenvalue weighted by Gasteiger charge is -2.06. The van der Waals surface area contributed by atoms with Crippen molar-refractivity contribution in [2.24, 2.45) is 0 Å². The van der Waals surface area contributed by atoms with Crippen molar-refractivity contribution in [2.45, 2.75) is 51.9 Å². The molecule has 0 aliphatic heterocycles. The Morgan fingerprint density at radius 1 is 0.944 bits per heavy atom. The average molecular weight is 313 g/mol. The van der Waals surface area contributed by atoms with Crippen LogP contribution in [-0.4, -0.2) is 11.9 Å². The maximum atomic E-state index is 5.65. The highest BCUT2D eigenvalue weighted by Gasteiger charge is 1.96. The zero-order chi connectivity index (χ0) is 13.1. The van der Waals surface area contributed by atoms with Crippen LogP contribution >= 0.6 is 15.9 Å². The molecule has 0 aliphatic rings. The third-order valence-corrected chi connectivity index (χ3v) is 3.60. The van der Waals surface area contributed by atoms with Crippen molar-refractivity contribution >= 4 is 15.9 Å². The van der Waals surface area contributed by atoms with E-state index in [2.05, 4.69) is 47.1 Å². The van der Waals surface area contributed by atoms with Gasteiger partial charge in [0, 0.05) is 5.33 Å². The molecule has 1 aromatic rings. The molecule has 0 heterocycles. The van der Waals surface area contributed by atoms with Gasteiger partial charge in [-0.15, -0.1) is 0 Å². The van der Waals surface area contributed by atoms with E-state index in [1.54, 1.807) is 0 Å². The van der Waals surface area contributed by atoms with E-state index in [9.17, 15) is 0 Å². The Bertz CT molecular complexity index is 294. The van der Waals surface area contributed by atoms with Crippen molar-refractivity contribution in [2.75, 3.05) is 11.9 Å². The number of halogens is 1. The molecule has 1 rings (SSSR count). The molecule has 102 valence electrons. The van der Waals surface area contributed by atoms with Crippen molar-refractivity contribution in [3.05, 3.63) is 29.8 Å². The maximum Gasteiger partial charge on any atom is 0.119 e. The summed E-state index contributed by atoms with van der Waals surface area (Å²) in [7, 11) is 0. The highest BCUT2D eigenvalue weighted by Crippen LogP contribution is 2.15. The van der Waals surface area contributed by atoms with E-state index in [0.29, 0.717) is 0 Å². The molecular formula is C16H25BrO. The summed E-state index contributed by atoms with van der Waals surface area (Å²) in [6.45, 7) is 3.02. The van der Waals surface area contributed by atoms with Gasteiger partial charge in [-0.05, 0) is 43.4 Å². The van der Waals surface area contributed by atoms with Crippen molar-refractivity contribution in [3.8, 4) is 5.75 Å². The predicted octanol–water partition coefficient (Wildman–Crippen LogP) is 5.36. The highest BCUT2D eigenvalue weighted by atomic mass is 79.9. The Kier molecular flexibility index (Phi) is 9.01. The molecule has 2 heteroatoms. The van der Waals surface area contributed by atoms with Crippen LogP contribution in [0.15, 0.2) is 24.3 Å². The molecule has 0 atom stereocenters. The topological polar surface area (TPSA) is 9.23 Å². The third kappa shape index (κ3) is 7.05. The summed E-state index contributed by atoms with van der Waals surface area (Å²) in [6, 6.07) is 8.60. The summed E-state index contributed by atoms with van der Waals surface area (Å²) >= 11 is 3.47. The second-order valence-electron chi connectivity index (χ2n) is 4.70. The lowest BCUT2D eigenvalue weighted by molar-refractivity contribution is 0.309. The number of rotatable bonds is 10. The van der Waals surface area contributed by atoms with Crippen LogP contribution < -0.4 is 4.74 Å². The van der Waals surface area contributed by atoms with Gasteiger partial charge in [-0.2, -0.15) is 0 Å². The zero-order valence-electron chi connectivity index (χ0n) is 11.5. The molecule has 0 saturated carbocycles. The Balaban J connectivity index is 2.19. The summed E-state index contributed by atoms with van der Waals surface area (Å²) in [4.78, 5) is 0. The Morgan fingerprint density at radius 2 is 1.67 bits per heavy atom. The van der Waals surface area contributed by atoms with Crippen LogP contribution in [0.1, 0.15) is 51.0 Å². The molecule has 0 bridgehead atoms. The fourth-order valence-corrected chi connectivity index (χ4v) is 2.26. The molecule has 0 spiro atoms. The smallest absolute Gasteiger partial charge is 0.119 e. The number of unbranched alkanes of at least 4 members (excludes halogenated alkanes) is 4. The summed E-state index contributed by atoms with van der Waals surface area (Å²) in [6.07, 6.45) is 8.77. The lowest BCUT2D eigenvalue weighted by atomic mass is 10.1. The van der Waals surface area contributed by atoms with Crippen LogP contribution in [0.3, 0.4) is 0 Å². The standard InChI is InChI=1S/C16H25BrO/c1-2-3-14-18-16-11-9-15(10-12-16)8-6-4-5-7-13-17/h9-12H,2-8,13-14H2,1H3. The van der Waals surface area contributed by atoms with Gasteiger partial charge in [-0.25, -0.2) is 0 Å². The van der Waals surface area contributed by atoms with Crippen LogP contribution in [0.5, 0.6) is 5.75 Å². The SMILES string of the molecule is CCCCOc1ccc(CCCCCCBr)cc1. The van der Waals surface area contributed by atoms with Gasteiger partial charge in [0.15, 0.2) is 0 Å². The first-order valence-electron chi connectivity index (χ1n) is 7.14. The molecular weight excluding hydrogens is 288 g/mol. The monoisotopic (exact) mass is 312 g/mol. The molecule has 0 saturated heterocycles. The lowest BCUT2D eigenvalue weighted by Crippen LogP contribution is -1.96. The fourth-order valence-electron chi connectivity index (χ4n) is 1.86. The van der Waals surface area contributed by atoms with Gasteiger partial charge in [0.05, 0.1) is 6.61 Å². The van der Waals surface area contributed by atoms with Gasteiger partial charge in [0.2, 0.25) is 0 Å². The van der Waals surface area contributed by atoms with E-state index in [4.69, 9.17) is 4.74 Å². The summed E-state index contributed by atoms with van der Waals surface area (Å²) in [5.41, 5.74) is 1.43. The van der Waals surface area contributed by atoms with Crippen LogP contribution in [0.25, 0.3) is 0 Å². The molecule has 0 radical (unpaired) electrons. The van der Waals surface area contributed by atoms with Crippen molar-refractivity contribution in [3.63, 3.8) is 0 Å².